The van der Waals surface area contributed by atoms with Gasteiger partial charge in [0.15, 0.2) is 12.6 Å². The average molecular weight is 771 g/mol. The van der Waals surface area contributed by atoms with Gasteiger partial charge in [-0.15, -0.1) is 0 Å². The molecule has 0 aromatic heterocycles. The molecule has 6 aliphatic rings. The maximum absolute atomic E-state index is 12.4. The molecule has 9 N–H and O–H groups in total. The third kappa shape index (κ3) is 6.86. The number of allylic oxidation sites excluding steroid dienone is 2. The number of hydrogen-bond acceptors (Lipinski definition) is 13. The fourth-order valence-corrected chi connectivity index (χ4v) is 13.1. The van der Waals surface area contributed by atoms with Crippen molar-refractivity contribution in [1.82, 2.24) is 0 Å². The standard InChI is InChI=1S/C41H70O13/c1-20(2)10-9-13-41(8,54-36-33(50)31(48)30(47)25(53-36)19-52-35-32(49)29(46)24(44)18-51-35)21-11-15-39(6)28(21)22(42)16-26-38(5)14-12-27(45)37(3,4)34(38)23(43)17-40(26,39)7/h10,21-36,42-50H,9,11-19H2,1-8H3. The molecule has 13 nitrogen and oxygen atoms in total. The molecular formula is C41H70O13. The molecule has 2 saturated heterocycles. The highest BCUT2D eigenvalue weighted by Crippen LogP contribution is 2.76. The monoisotopic (exact) mass is 770 g/mol. The molecule has 0 radical (unpaired) electrons. The van der Waals surface area contributed by atoms with Crippen molar-refractivity contribution in [1.29, 1.82) is 0 Å². The zero-order valence-electron chi connectivity index (χ0n) is 33.5. The van der Waals surface area contributed by atoms with Crippen LogP contribution in [0.15, 0.2) is 11.6 Å². The zero-order valence-corrected chi connectivity index (χ0v) is 33.5. The smallest absolute Gasteiger partial charge is 0.187 e. The SMILES string of the molecule is CC(C)=CCCC(C)(OC1OC(COC2OCC(O)C(O)C2O)C(O)C(O)C1O)C1CCC2(C)C1C(O)CC1C3(C)CCC(O)C(C)(C)C3C(O)CC12C. The summed E-state index contributed by atoms with van der Waals surface area (Å²) in [5.41, 5.74) is -1.30. The van der Waals surface area contributed by atoms with Crippen molar-refractivity contribution in [2.75, 3.05) is 13.2 Å². The summed E-state index contributed by atoms with van der Waals surface area (Å²) in [5.74, 6) is -0.398. The summed E-state index contributed by atoms with van der Waals surface area (Å²) >= 11 is 0. The van der Waals surface area contributed by atoms with E-state index in [1.165, 1.54) is 0 Å². The van der Waals surface area contributed by atoms with Crippen molar-refractivity contribution in [3.8, 4) is 0 Å². The van der Waals surface area contributed by atoms with E-state index in [1.54, 1.807) is 0 Å². The number of aliphatic hydroxyl groups excluding tert-OH is 9. The minimum absolute atomic E-state index is 0.109. The van der Waals surface area contributed by atoms with Crippen LogP contribution in [0.2, 0.25) is 0 Å². The van der Waals surface area contributed by atoms with Gasteiger partial charge in [-0.1, -0.05) is 46.3 Å². The van der Waals surface area contributed by atoms with Crippen LogP contribution in [0.4, 0.5) is 0 Å². The highest BCUT2D eigenvalue weighted by molar-refractivity contribution is 5.22. The first-order valence-corrected chi connectivity index (χ1v) is 20.4. The maximum Gasteiger partial charge on any atom is 0.187 e. The first kappa shape index (κ1) is 42.8. The average Bonchev–Trinajstić information content (AvgIpc) is 3.47. The lowest BCUT2D eigenvalue weighted by atomic mass is 9.34. The second-order valence-corrected chi connectivity index (χ2v) is 19.8. The molecule has 0 aromatic rings. The van der Waals surface area contributed by atoms with Crippen LogP contribution >= 0.6 is 0 Å². The normalized spacial score (nSPS) is 52.8. The van der Waals surface area contributed by atoms with E-state index in [0.29, 0.717) is 32.1 Å². The summed E-state index contributed by atoms with van der Waals surface area (Å²) in [6.45, 7) is 16.4. The first-order chi connectivity index (χ1) is 25.0. The number of rotatable bonds is 9. The predicted molar refractivity (Wildman–Crippen MR) is 196 cm³/mol. The Kier molecular flexibility index (Phi) is 12.0. The quantitative estimate of drug-likeness (QED) is 0.153. The molecular weight excluding hydrogens is 700 g/mol. The fourth-order valence-electron chi connectivity index (χ4n) is 13.1. The van der Waals surface area contributed by atoms with Crippen molar-refractivity contribution in [3.63, 3.8) is 0 Å². The Bertz CT molecular complexity index is 1360. The second-order valence-electron chi connectivity index (χ2n) is 19.8. The van der Waals surface area contributed by atoms with E-state index in [1.807, 2.05) is 20.8 Å². The van der Waals surface area contributed by atoms with Crippen LogP contribution in [0, 0.1) is 45.3 Å². The number of aliphatic hydroxyl groups is 9. The summed E-state index contributed by atoms with van der Waals surface area (Å²) in [5, 5.41) is 99.1. The molecule has 4 saturated carbocycles. The van der Waals surface area contributed by atoms with Crippen LogP contribution < -0.4 is 0 Å². The Labute approximate surface area is 320 Å². The van der Waals surface area contributed by atoms with Gasteiger partial charge in [-0.25, -0.2) is 0 Å². The summed E-state index contributed by atoms with van der Waals surface area (Å²) in [4.78, 5) is 0. The van der Waals surface area contributed by atoms with E-state index < -0.39 is 84.6 Å². The summed E-state index contributed by atoms with van der Waals surface area (Å²) in [6.07, 6.45) is -7.53. The van der Waals surface area contributed by atoms with E-state index >= 15 is 0 Å². The van der Waals surface area contributed by atoms with Gasteiger partial charge >= 0.3 is 0 Å². The van der Waals surface area contributed by atoms with Crippen LogP contribution in [-0.4, -0.2) is 138 Å². The second kappa shape index (κ2) is 15.1. The molecule has 2 heterocycles. The topological polar surface area (TPSA) is 219 Å². The van der Waals surface area contributed by atoms with Gasteiger partial charge in [0, 0.05) is 0 Å². The van der Waals surface area contributed by atoms with Gasteiger partial charge in [0.05, 0.1) is 37.1 Å². The van der Waals surface area contributed by atoms with Crippen LogP contribution in [0.5, 0.6) is 0 Å². The third-order valence-electron chi connectivity index (χ3n) is 16.2. The van der Waals surface area contributed by atoms with Gasteiger partial charge in [0.1, 0.15) is 42.7 Å². The molecule has 54 heavy (non-hydrogen) atoms. The Balaban J connectivity index is 1.27. The number of ether oxygens (including phenoxy) is 4. The lowest BCUT2D eigenvalue weighted by molar-refractivity contribution is -0.346. The van der Waals surface area contributed by atoms with Crippen molar-refractivity contribution in [2.45, 2.75) is 186 Å². The first-order valence-electron chi connectivity index (χ1n) is 20.4. The molecule has 6 rings (SSSR count). The van der Waals surface area contributed by atoms with Gasteiger partial charge < -0.3 is 64.9 Å². The van der Waals surface area contributed by atoms with Crippen molar-refractivity contribution in [2.24, 2.45) is 45.3 Å². The third-order valence-corrected chi connectivity index (χ3v) is 16.2. The summed E-state index contributed by atoms with van der Waals surface area (Å²) in [6, 6.07) is 0. The highest BCUT2D eigenvalue weighted by atomic mass is 16.7. The molecule has 4 aliphatic carbocycles. The van der Waals surface area contributed by atoms with Gasteiger partial charge in [-0.2, -0.15) is 0 Å². The van der Waals surface area contributed by atoms with E-state index in [4.69, 9.17) is 18.9 Å². The minimum atomic E-state index is -1.66. The molecule has 2 aliphatic heterocycles. The predicted octanol–water partition coefficient (Wildman–Crippen LogP) is 1.76. The van der Waals surface area contributed by atoms with Gasteiger partial charge in [0.25, 0.3) is 0 Å². The Hall–Kier alpha value is -0.780. The Morgan fingerprint density at radius 1 is 0.778 bits per heavy atom. The van der Waals surface area contributed by atoms with E-state index in [-0.39, 0.29) is 53.1 Å². The van der Waals surface area contributed by atoms with Crippen LogP contribution in [0.3, 0.4) is 0 Å². The zero-order chi connectivity index (χ0) is 39.9. The molecule has 20 unspecified atom stereocenters. The molecule has 6 fully saturated rings. The van der Waals surface area contributed by atoms with E-state index in [9.17, 15) is 46.0 Å². The van der Waals surface area contributed by atoms with Crippen LogP contribution in [0.1, 0.15) is 107 Å². The fraction of sp³-hybridized carbons (Fsp3) is 0.951. The summed E-state index contributed by atoms with van der Waals surface area (Å²) in [7, 11) is 0. The van der Waals surface area contributed by atoms with Crippen LogP contribution in [0.25, 0.3) is 0 Å². The van der Waals surface area contributed by atoms with Gasteiger partial charge in [0.2, 0.25) is 0 Å². The molecule has 13 heteroatoms. The van der Waals surface area contributed by atoms with E-state index in [2.05, 4.69) is 40.7 Å². The molecule has 20 atom stereocenters. The molecule has 312 valence electrons. The lowest BCUT2D eigenvalue weighted by Crippen LogP contribution is -2.70. The molecule has 0 bridgehead atoms. The number of hydrogen-bond donors (Lipinski definition) is 9. The van der Waals surface area contributed by atoms with Crippen molar-refractivity contribution >= 4 is 0 Å². The highest BCUT2D eigenvalue weighted by Gasteiger charge is 2.73. The van der Waals surface area contributed by atoms with Gasteiger partial charge in [-0.3, -0.25) is 0 Å². The Morgan fingerprint density at radius 3 is 2.11 bits per heavy atom. The largest absolute Gasteiger partial charge is 0.393 e. The van der Waals surface area contributed by atoms with E-state index in [0.717, 1.165) is 24.8 Å². The lowest BCUT2D eigenvalue weighted by Gasteiger charge is -2.71. The maximum atomic E-state index is 12.4. The minimum Gasteiger partial charge on any atom is -0.393 e. The molecule has 0 spiro atoms. The van der Waals surface area contributed by atoms with Gasteiger partial charge in [-0.05, 0) is 117 Å². The molecule has 0 amide bonds. The van der Waals surface area contributed by atoms with Crippen molar-refractivity contribution in [3.05, 3.63) is 11.6 Å². The molecule has 0 aromatic carbocycles. The van der Waals surface area contributed by atoms with Crippen LogP contribution in [-0.2, 0) is 18.9 Å². The van der Waals surface area contributed by atoms with Crippen molar-refractivity contribution < 1.29 is 64.9 Å². The number of fused-ring (bicyclic) bond motifs is 5. The Morgan fingerprint density at radius 2 is 1.44 bits per heavy atom. The summed E-state index contributed by atoms with van der Waals surface area (Å²) < 4.78 is 24.0.